The Balaban J connectivity index is 2.25. The van der Waals surface area contributed by atoms with Crippen molar-refractivity contribution in [1.82, 2.24) is 0 Å². The highest BCUT2D eigenvalue weighted by atomic mass is 16.6. The minimum Gasteiger partial charge on any atom is -0.366 e. The smallest absolute Gasteiger partial charge is 0.292 e. The molecule has 0 amide bonds. The minimum absolute atomic E-state index is 0.241. The Morgan fingerprint density at radius 3 is 2.35 bits per heavy atom. The largest absolute Gasteiger partial charge is 0.366 e. The van der Waals surface area contributed by atoms with E-state index in [-0.39, 0.29) is 10.6 Å². The van der Waals surface area contributed by atoms with Crippen molar-refractivity contribution in [3.63, 3.8) is 0 Å². The zero-order valence-electron chi connectivity index (χ0n) is 12.7. The van der Waals surface area contributed by atoms with Crippen LogP contribution >= 0.6 is 0 Å². The molecule has 1 fully saturated rings. The summed E-state index contributed by atoms with van der Waals surface area (Å²) in [5.41, 5.74) is 2.50. The molecule has 20 heavy (non-hydrogen) atoms. The number of nitrogens with zero attached hydrogens (tertiary/aromatic N) is 2. The molecular weight excluding hydrogens is 252 g/mol. The molecule has 0 unspecified atom stereocenters. The molecule has 1 aromatic carbocycles. The first kappa shape index (κ1) is 14.8. The average molecular weight is 276 g/mol. The highest BCUT2D eigenvalue weighted by Gasteiger charge is 2.33. The van der Waals surface area contributed by atoms with Gasteiger partial charge >= 0.3 is 0 Å². The van der Waals surface area contributed by atoms with Gasteiger partial charge in [0.15, 0.2) is 0 Å². The Morgan fingerprint density at radius 1 is 1.25 bits per heavy atom. The summed E-state index contributed by atoms with van der Waals surface area (Å²) in [5, 5.41) is 11.2. The van der Waals surface area contributed by atoms with Crippen molar-refractivity contribution in [3.8, 4) is 0 Å². The third kappa shape index (κ3) is 2.65. The topological polar surface area (TPSA) is 46.4 Å². The van der Waals surface area contributed by atoms with E-state index in [2.05, 4.69) is 18.7 Å². The van der Waals surface area contributed by atoms with Crippen LogP contribution in [0.4, 0.5) is 11.4 Å². The summed E-state index contributed by atoms with van der Waals surface area (Å²) in [6.45, 7) is 8.33. The van der Waals surface area contributed by atoms with Crippen LogP contribution in [0.3, 0.4) is 0 Å². The molecule has 4 heteroatoms. The summed E-state index contributed by atoms with van der Waals surface area (Å²) in [7, 11) is 0. The first-order chi connectivity index (χ1) is 9.53. The average Bonchev–Trinajstić information content (AvgIpc) is 2.47. The summed E-state index contributed by atoms with van der Waals surface area (Å²) in [5.74, 6) is 0. The zero-order valence-corrected chi connectivity index (χ0v) is 12.7. The van der Waals surface area contributed by atoms with Crippen LogP contribution in [0.2, 0.25) is 0 Å². The fourth-order valence-corrected chi connectivity index (χ4v) is 3.36. The van der Waals surface area contributed by atoms with Crippen LogP contribution in [0.5, 0.6) is 0 Å². The molecule has 0 atom stereocenters. The fourth-order valence-electron chi connectivity index (χ4n) is 3.36. The van der Waals surface area contributed by atoms with Crippen LogP contribution in [-0.4, -0.2) is 18.0 Å². The molecule has 0 bridgehead atoms. The van der Waals surface area contributed by atoms with Gasteiger partial charge in [0, 0.05) is 19.2 Å². The van der Waals surface area contributed by atoms with Gasteiger partial charge in [0.05, 0.1) is 4.92 Å². The van der Waals surface area contributed by atoms with Gasteiger partial charge in [0.25, 0.3) is 5.69 Å². The highest BCUT2D eigenvalue weighted by Crippen LogP contribution is 2.41. The maximum absolute atomic E-state index is 11.2. The number of nitro benzene ring substituents is 1. The van der Waals surface area contributed by atoms with Gasteiger partial charge in [0.2, 0.25) is 0 Å². The number of para-hydroxylation sites is 1. The molecule has 1 aromatic rings. The van der Waals surface area contributed by atoms with Gasteiger partial charge in [-0.1, -0.05) is 38.8 Å². The number of rotatable bonds is 4. The van der Waals surface area contributed by atoms with Crippen molar-refractivity contribution in [2.24, 2.45) is 5.41 Å². The van der Waals surface area contributed by atoms with Crippen LogP contribution in [0.15, 0.2) is 18.2 Å². The van der Waals surface area contributed by atoms with Crippen LogP contribution in [0.1, 0.15) is 45.1 Å². The van der Waals surface area contributed by atoms with Gasteiger partial charge in [-0.15, -0.1) is 0 Å². The van der Waals surface area contributed by atoms with E-state index in [1.54, 1.807) is 12.1 Å². The number of hydrogen-bond acceptors (Lipinski definition) is 3. The lowest BCUT2D eigenvalue weighted by Gasteiger charge is -2.42. The fraction of sp³-hybridized carbons (Fsp3) is 0.625. The van der Waals surface area contributed by atoms with Crippen LogP contribution in [0.25, 0.3) is 0 Å². The SMILES string of the molecule is CCC1(CC)CCN(c2c(C)cccc2[N+](=O)[O-])CC1. The Kier molecular flexibility index (Phi) is 4.31. The Morgan fingerprint density at radius 2 is 1.85 bits per heavy atom. The van der Waals surface area contributed by atoms with Crippen molar-refractivity contribution in [1.29, 1.82) is 0 Å². The monoisotopic (exact) mass is 276 g/mol. The van der Waals surface area contributed by atoms with E-state index in [9.17, 15) is 10.1 Å². The first-order valence-electron chi connectivity index (χ1n) is 7.52. The lowest BCUT2D eigenvalue weighted by atomic mass is 9.74. The zero-order chi connectivity index (χ0) is 14.8. The Bertz CT molecular complexity index is 485. The lowest BCUT2D eigenvalue weighted by molar-refractivity contribution is -0.384. The molecule has 1 aliphatic heterocycles. The number of aryl methyl sites for hydroxylation is 1. The van der Waals surface area contributed by atoms with E-state index in [1.165, 1.54) is 12.8 Å². The van der Waals surface area contributed by atoms with Crippen molar-refractivity contribution < 1.29 is 4.92 Å². The molecule has 0 aromatic heterocycles. The van der Waals surface area contributed by atoms with E-state index in [4.69, 9.17) is 0 Å². The summed E-state index contributed by atoms with van der Waals surface area (Å²) in [6.07, 6.45) is 4.66. The number of benzene rings is 1. The summed E-state index contributed by atoms with van der Waals surface area (Å²) < 4.78 is 0. The quantitative estimate of drug-likeness (QED) is 0.608. The molecule has 110 valence electrons. The lowest BCUT2D eigenvalue weighted by Crippen LogP contribution is -2.40. The second-order valence-corrected chi connectivity index (χ2v) is 5.89. The molecule has 0 N–H and O–H groups in total. The molecule has 4 nitrogen and oxygen atoms in total. The molecule has 0 spiro atoms. The second-order valence-electron chi connectivity index (χ2n) is 5.89. The summed E-state index contributed by atoms with van der Waals surface area (Å²) in [6, 6.07) is 5.34. The number of anilines is 1. The van der Waals surface area contributed by atoms with Gasteiger partial charge in [-0.3, -0.25) is 10.1 Å². The molecule has 1 saturated heterocycles. The third-order valence-electron chi connectivity index (χ3n) is 5.05. The number of piperidine rings is 1. The van der Waals surface area contributed by atoms with E-state index in [0.29, 0.717) is 5.41 Å². The highest BCUT2D eigenvalue weighted by molar-refractivity contribution is 5.67. The van der Waals surface area contributed by atoms with E-state index < -0.39 is 0 Å². The standard InChI is InChI=1S/C16H24N2O2/c1-4-16(5-2)9-11-17(12-10-16)15-13(3)7-6-8-14(15)18(19)20/h6-8H,4-5,9-12H2,1-3H3. The van der Waals surface area contributed by atoms with Crippen molar-refractivity contribution in [3.05, 3.63) is 33.9 Å². The van der Waals surface area contributed by atoms with Crippen molar-refractivity contribution >= 4 is 11.4 Å². The second kappa shape index (κ2) is 5.81. The number of hydrogen-bond donors (Lipinski definition) is 0. The summed E-state index contributed by atoms with van der Waals surface area (Å²) >= 11 is 0. The maximum Gasteiger partial charge on any atom is 0.292 e. The molecule has 2 rings (SSSR count). The third-order valence-corrected chi connectivity index (χ3v) is 5.05. The van der Waals surface area contributed by atoms with E-state index >= 15 is 0 Å². The van der Waals surface area contributed by atoms with Crippen LogP contribution in [0, 0.1) is 22.5 Å². The normalized spacial score (nSPS) is 18.1. The van der Waals surface area contributed by atoms with Crippen LogP contribution < -0.4 is 4.90 Å². The molecule has 1 heterocycles. The molecule has 0 saturated carbocycles. The molecular formula is C16H24N2O2. The predicted octanol–water partition coefficient (Wildman–Crippen LogP) is 4.31. The Labute approximate surface area is 120 Å². The van der Waals surface area contributed by atoms with Gasteiger partial charge in [-0.05, 0) is 30.7 Å². The Hall–Kier alpha value is -1.58. The summed E-state index contributed by atoms with van der Waals surface area (Å²) in [4.78, 5) is 13.2. The van der Waals surface area contributed by atoms with Gasteiger partial charge < -0.3 is 4.90 Å². The van der Waals surface area contributed by atoms with Crippen molar-refractivity contribution in [2.75, 3.05) is 18.0 Å². The van der Waals surface area contributed by atoms with Crippen LogP contribution in [-0.2, 0) is 0 Å². The first-order valence-corrected chi connectivity index (χ1v) is 7.52. The van der Waals surface area contributed by atoms with Gasteiger partial charge in [-0.2, -0.15) is 0 Å². The predicted molar refractivity (Wildman–Crippen MR) is 82.3 cm³/mol. The van der Waals surface area contributed by atoms with Gasteiger partial charge in [0.1, 0.15) is 5.69 Å². The maximum atomic E-state index is 11.2. The number of nitro groups is 1. The van der Waals surface area contributed by atoms with E-state index in [1.807, 2.05) is 13.0 Å². The van der Waals surface area contributed by atoms with Crippen molar-refractivity contribution in [2.45, 2.75) is 46.5 Å². The van der Waals surface area contributed by atoms with Gasteiger partial charge in [-0.25, -0.2) is 0 Å². The molecule has 0 aliphatic carbocycles. The molecule has 1 aliphatic rings. The minimum atomic E-state index is -0.260. The van der Waals surface area contributed by atoms with E-state index in [0.717, 1.165) is 37.2 Å². The molecule has 0 radical (unpaired) electrons.